The van der Waals surface area contributed by atoms with E-state index in [0.29, 0.717) is 17.1 Å². The summed E-state index contributed by atoms with van der Waals surface area (Å²) in [6.07, 6.45) is 1.70. The summed E-state index contributed by atoms with van der Waals surface area (Å²) >= 11 is 0. The minimum absolute atomic E-state index is 0.0287. The molecule has 0 radical (unpaired) electrons. The van der Waals surface area contributed by atoms with Crippen LogP contribution in [0.3, 0.4) is 0 Å². The lowest BCUT2D eigenvalue weighted by molar-refractivity contribution is 0.0923. The van der Waals surface area contributed by atoms with Crippen LogP contribution in [0.5, 0.6) is 11.5 Å². The molecule has 4 heteroatoms. The number of rotatable bonds is 3. The van der Waals surface area contributed by atoms with Gasteiger partial charge in [0.15, 0.2) is 11.5 Å². The number of fused-ring (bicyclic) bond motifs is 1. The molecule has 1 heterocycles. The second-order valence-electron chi connectivity index (χ2n) is 4.11. The first-order chi connectivity index (χ1) is 8.21. The highest BCUT2D eigenvalue weighted by Crippen LogP contribution is 2.36. The predicted octanol–water partition coefficient (Wildman–Crippen LogP) is 1.77. The largest absolute Gasteiger partial charge is 0.493 e. The maximum atomic E-state index is 11.9. The topological polar surface area (TPSA) is 47.6 Å². The van der Waals surface area contributed by atoms with Crippen LogP contribution in [0.25, 0.3) is 0 Å². The number of carbonyl (C=O) groups is 1. The number of benzene rings is 1. The Hall–Kier alpha value is -1.71. The normalized spacial score (nSPS) is 18.3. The molecule has 0 aliphatic carbocycles. The number of nitrogens with one attached hydrogen (secondary N) is 1. The van der Waals surface area contributed by atoms with Crippen LogP contribution in [0, 0.1) is 0 Å². The standard InChI is InChI=1S/C13H17NO3/c1-4-8-7-10-9(13(15)14-8)5-6-11(16-2)12(10)17-3/h5-6,8H,4,7H2,1-3H3,(H,14,15). The molecule has 2 rings (SSSR count). The van der Waals surface area contributed by atoms with Crippen LogP contribution in [0.15, 0.2) is 12.1 Å². The van der Waals surface area contributed by atoms with E-state index in [-0.39, 0.29) is 11.9 Å². The van der Waals surface area contributed by atoms with Crippen molar-refractivity contribution in [1.29, 1.82) is 0 Å². The lowest BCUT2D eigenvalue weighted by Crippen LogP contribution is -2.41. The van der Waals surface area contributed by atoms with Crippen molar-refractivity contribution in [1.82, 2.24) is 5.32 Å². The zero-order valence-corrected chi connectivity index (χ0v) is 10.4. The van der Waals surface area contributed by atoms with E-state index in [0.717, 1.165) is 18.4 Å². The van der Waals surface area contributed by atoms with Gasteiger partial charge in [0.25, 0.3) is 5.91 Å². The molecule has 1 aromatic carbocycles. The third-order valence-electron chi connectivity index (χ3n) is 3.17. The molecule has 1 amide bonds. The van der Waals surface area contributed by atoms with Crippen molar-refractivity contribution < 1.29 is 14.3 Å². The Morgan fingerprint density at radius 1 is 1.35 bits per heavy atom. The van der Waals surface area contributed by atoms with Crippen LogP contribution in [0.2, 0.25) is 0 Å². The Morgan fingerprint density at radius 2 is 2.12 bits per heavy atom. The third-order valence-corrected chi connectivity index (χ3v) is 3.17. The van der Waals surface area contributed by atoms with Crippen molar-refractivity contribution in [3.05, 3.63) is 23.3 Å². The van der Waals surface area contributed by atoms with Crippen LogP contribution in [0.4, 0.5) is 0 Å². The van der Waals surface area contributed by atoms with E-state index in [1.165, 1.54) is 0 Å². The highest BCUT2D eigenvalue weighted by Gasteiger charge is 2.27. The van der Waals surface area contributed by atoms with E-state index in [1.54, 1.807) is 26.4 Å². The van der Waals surface area contributed by atoms with Crippen molar-refractivity contribution in [3.8, 4) is 11.5 Å². The fraction of sp³-hybridized carbons (Fsp3) is 0.462. The second-order valence-corrected chi connectivity index (χ2v) is 4.11. The van der Waals surface area contributed by atoms with Gasteiger partial charge in [-0.1, -0.05) is 6.92 Å². The van der Waals surface area contributed by atoms with Crippen LogP contribution in [-0.4, -0.2) is 26.2 Å². The zero-order chi connectivity index (χ0) is 12.4. The van der Waals surface area contributed by atoms with Gasteiger partial charge >= 0.3 is 0 Å². The molecule has 1 unspecified atom stereocenters. The summed E-state index contributed by atoms with van der Waals surface area (Å²) in [6, 6.07) is 3.73. The number of amides is 1. The minimum Gasteiger partial charge on any atom is -0.493 e. The molecule has 1 aliphatic heterocycles. The summed E-state index contributed by atoms with van der Waals surface area (Å²) in [4.78, 5) is 11.9. The number of hydrogen-bond acceptors (Lipinski definition) is 3. The molecular formula is C13H17NO3. The lowest BCUT2D eigenvalue weighted by atomic mass is 9.93. The van der Waals surface area contributed by atoms with Gasteiger partial charge in [0.1, 0.15) is 0 Å². The summed E-state index contributed by atoms with van der Waals surface area (Å²) in [5.74, 6) is 1.33. The fourth-order valence-electron chi connectivity index (χ4n) is 2.21. The zero-order valence-electron chi connectivity index (χ0n) is 10.4. The van der Waals surface area contributed by atoms with E-state index in [4.69, 9.17) is 9.47 Å². The van der Waals surface area contributed by atoms with Crippen LogP contribution in [-0.2, 0) is 6.42 Å². The summed E-state index contributed by atoms with van der Waals surface area (Å²) in [5, 5.41) is 2.98. The second kappa shape index (κ2) is 4.65. The Morgan fingerprint density at radius 3 is 2.71 bits per heavy atom. The SMILES string of the molecule is CCC1Cc2c(ccc(OC)c2OC)C(=O)N1. The molecule has 4 nitrogen and oxygen atoms in total. The number of carbonyl (C=O) groups excluding carboxylic acids is 1. The van der Waals surface area contributed by atoms with Gasteiger partial charge in [0, 0.05) is 17.2 Å². The molecule has 1 N–H and O–H groups in total. The average Bonchev–Trinajstić information content (AvgIpc) is 2.36. The van der Waals surface area contributed by atoms with Gasteiger partial charge in [-0.25, -0.2) is 0 Å². The highest BCUT2D eigenvalue weighted by molar-refractivity contribution is 5.98. The maximum Gasteiger partial charge on any atom is 0.251 e. The Balaban J connectivity index is 2.52. The average molecular weight is 235 g/mol. The van der Waals surface area contributed by atoms with Crippen LogP contribution in [0.1, 0.15) is 29.3 Å². The van der Waals surface area contributed by atoms with Crippen molar-refractivity contribution in [2.75, 3.05) is 14.2 Å². The van der Waals surface area contributed by atoms with Gasteiger partial charge in [-0.2, -0.15) is 0 Å². The molecule has 0 fully saturated rings. The predicted molar refractivity (Wildman–Crippen MR) is 64.8 cm³/mol. The molecule has 92 valence electrons. The quantitative estimate of drug-likeness (QED) is 0.868. The Kier molecular flexibility index (Phi) is 3.22. The smallest absolute Gasteiger partial charge is 0.251 e. The van der Waals surface area contributed by atoms with E-state index in [9.17, 15) is 4.79 Å². The molecule has 1 aliphatic rings. The summed E-state index contributed by atoms with van der Waals surface area (Å²) in [5.41, 5.74) is 1.63. The summed E-state index contributed by atoms with van der Waals surface area (Å²) in [7, 11) is 3.20. The molecular weight excluding hydrogens is 218 g/mol. The van der Waals surface area contributed by atoms with Gasteiger partial charge in [-0.15, -0.1) is 0 Å². The van der Waals surface area contributed by atoms with E-state index in [2.05, 4.69) is 12.2 Å². The Labute approximate surface area is 101 Å². The van der Waals surface area contributed by atoms with Crippen molar-refractivity contribution in [2.24, 2.45) is 0 Å². The monoisotopic (exact) mass is 235 g/mol. The van der Waals surface area contributed by atoms with Crippen molar-refractivity contribution in [2.45, 2.75) is 25.8 Å². The van der Waals surface area contributed by atoms with Gasteiger partial charge in [-0.05, 0) is 25.0 Å². The molecule has 17 heavy (non-hydrogen) atoms. The molecule has 0 spiro atoms. The number of hydrogen-bond donors (Lipinski definition) is 1. The van der Waals surface area contributed by atoms with E-state index in [1.807, 2.05) is 0 Å². The van der Waals surface area contributed by atoms with Crippen LogP contribution < -0.4 is 14.8 Å². The molecule has 0 aromatic heterocycles. The van der Waals surface area contributed by atoms with E-state index >= 15 is 0 Å². The Bertz CT molecular complexity index is 443. The van der Waals surface area contributed by atoms with Gasteiger partial charge < -0.3 is 14.8 Å². The lowest BCUT2D eigenvalue weighted by Gasteiger charge is -2.26. The van der Waals surface area contributed by atoms with Gasteiger partial charge in [-0.3, -0.25) is 4.79 Å². The van der Waals surface area contributed by atoms with Gasteiger partial charge in [0.05, 0.1) is 14.2 Å². The third kappa shape index (κ3) is 1.95. The van der Waals surface area contributed by atoms with Crippen LogP contribution >= 0.6 is 0 Å². The number of ether oxygens (including phenoxy) is 2. The van der Waals surface area contributed by atoms with Gasteiger partial charge in [0.2, 0.25) is 0 Å². The molecule has 0 saturated carbocycles. The summed E-state index contributed by atoms with van der Waals surface area (Å²) < 4.78 is 10.6. The minimum atomic E-state index is -0.0287. The number of methoxy groups -OCH3 is 2. The molecule has 0 saturated heterocycles. The maximum absolute atomic E-state index is 11.9. The fourth-order valence-corrected chi connectivity index (χ4v) is 2.21. The molecule has 1 atom stereocenters. The first kappa shape index (κ1) is 11.8. The molecule has 0 bridgehead atoms. The summed E-state index contributed by atoms with van der Waals surface area (Å²) in [6.45, 7) is 2.06. The first-order valence-corrected chi connectivity index (χ1v) is 5.76. The first-order valence-electron chi connectivity index (χ1n) is 5.76. The van der Waals surface area contributed by atoms with E-state index < -0.39 is 0 Å². The van der Waals surface area contributed by atoms with Crippen molar-refractivity contribution >= 4 is 5.91 Å². The van der Waals surface area contributed by atoms with Crippen molar-refractivity contribution in [3.63, 3.8) is 0 Å². The highest BCUT2D eigenvalue weighted by atomic mass is 16.5. The molecule has 1 aromatic rings.